The first-order valence-corrected chi connectivity index (χ1v) is 22.2. The van der Waals surface area contributed by atoms with Crippen molar-refractivity contribution in [2.75, 3.05) is 10.6 Å². The molecule has 0 aliphatic carbocycles. The van der Waals surface area contributed by atoms with Gasteiger partial charge in [-0.25, -0.2) is 14.6 Å². The van der Waals surface area contributed by atoms with Gasteiger partial charge in [-0.15, -0.1) is 10.2 Å². The number of nitrogens with zero attached hydrogens (tertiary/aromatic N) is 5. The number of phenolic OH excluding ortho intramolecular Hbond substituents is 2. The third kappa shape index (κ3) is 11.4. The second-order valence-corrected chi connectivity index (χ2v) is 17.2. The minimum Gasteiger partial charge on any atom is -0.508 e. The molecular weight excluding hydrogens is 943 g/mol. The molecule has 22 nitrogen and oxygen atoms in total. The van der Waals surface area contributed by atoms with Gasteiger partial charge in [0, 0.05) is 46.4 Å². The zero-order chi connectivity index (χ0) is 49.8. The third-order valence-electron chi connectivity index (χ3n) is 9.60. The van der Waals surface area contributed by atoms with Gasteiger partial charge in [0.15, 0.2) is 11.5 Å². The molecule has 1 heterocycles. The first-order valence-electron chi connectivity index (χ1n) is 19.4. The lowest BCUT2D eigenvalue weighted by Crippen LogP contribution is -2.18. The Labute approximate surface area is 388 Å². The van der Waals surface area contributed by atoms with E-state index in [0.29, 0.717) is 11.1 Å². The number of aromatic nitrogens is 1. The van der Waals surface area contributed by atoms with E-state index in [9.17, 15) is 60.4 Å². The molecule has 1 aromatic heterocycles. The Bertz CT molecular complexity index is 3400. The van der Waals surface area contributed by atoms with Gasteiger partial charge in [-0.3, -0.25) is 18.7 Å². The number of carbonyl (C=O) groups is 4. The van der Waals surface area contributed by atoms with Crippen LogP contribution in [0, 0.1) is 0 Å². The number of rotatable bonds is 14. The van der Waals surface area contributed by atoms with Gasteiger partial charge in [0.1, 0.15) is 38.3 Å². The molecule has 0 atom stereocenters. The van der Waals surface area contributed by atoms with Crippen LogP contribution in [0.1, 0.15) is 32.1 Å². The molecule has 6 aromatic carbocycles. The number of anilines is 2. The minimum atomic E-state index is -5.04. The summed E-state index contributed by atoms with van der Waals surface area (Å²) in [5.74, 6) is -6.21. The molecular formula is C45H31N7O15S2. The van der Waals surface area contributed by atoms with E-state index >= 15 is 0 Å². The lowest BCUT2D eigenvalue weighted by Gasteiger charge is -2.12. The topological polar surface area (TPSA) is 365 Å². The van der Waals surface area contributed by atoms with Crippen LogP contribution in [0.3, 0.4) is 0 Å². The van der Waals surface area contributed by atoms with Gasteiger partial charge in [-0.05, 0) is 107 Å². The largest absolute Gasteiger partial charge is 0.508 e. The summed E-state index contributed by atoms with van der Waals surface area (Å²) in [6.45, 7) is 0. The molecule has 9 N–H and O–H groups in total. The van der Waals surface area contributed by atoms with Crippen LogP contribution in [0.2, 0.25) is 0 Å². The molecule has 0 aliphatic heterocycles. The van der Waals surface area contributed by atoms with E-state index in [-0.39, 0.29) is 44.3 Å². The van der Waals surface area contributed by atoms with Crippen molar-refractivity contribution in [3.63, 3.8) is 0 Å². The second-order valence-electron chi connectivity index (χ2n) is 14.4. The van der Waals surface area contributed by atoms with Crippen molar-refractivity contribution in [2.45, 2.75) is 9.79 Å². The van der Waals surface area contributed by atoms with Crippen LogP contribution >= 0.6 is 0 Å². The molecule has 0 spiro atoms. The molecule has 0 saturated heterocycles. The number of benzene rings is 6. The van der Waals surface area contributed by atoms with E-state index in [4.69, 9.17) is 10.2 Å². The Morgan fingerprint density at radius 2 is 0.884 bits per heavy atom. The first kappa shape index (κ1) is 47.7. The highest BCUT2D eigenvalue weighted by molar-refractivity contribution is 7.86. The molecule has 348 valence electrons. The predicted molar refractivity (Wildman–Crippen MR) is 247 cm³/mol. The van der Waals surface area contributed by atoms with Crippen LogP contribution in [0.25, 0.3) is 33.7 Å². The fourth-order valence-electron chi connectivity index (χ4n) is 6.44. The third-order valence-corrected chi connectivity index (χ3v) is 11.3. The Kier molecular flexibility index (Phi) is 13.4. The zero-order valence-corrected chi connectivity index (χ0v) is 36.3. The van der Waals surface area contributed by atoms with Crippen LogP contribution in [-0.4, -0.2) is 80.2 Å². The average Bonchev–Trinajstić information content (AvgIpc) is 3.29. The first-order chi connectivity index (χ1) is 32.6. The monoisotopic (exact) mass is 973 g/mol. The number of carbonyl (C=O) groups excluding carboxylic acids is 2. The number of pyridine rings is 1. The molecule has 7 aromatic rings. The quantitative estimate of drug-likeness (QED) is 0.0280. The molecule has 0 radical (unpaired) electrons. The summed E-state index contributed by atoms with van der Waals surface area (Å²) in [5, 5.41) is 70.9. The second kappa shape index (κ2) is 19.3. The smallest absolute Gasteiger partial charge is 0.328 e. The van der Waals surface area contributed by atoms with Crippen LogP contribution in [-0.2, 0) is 29.8 Å². The molecule has 0 saturated carbocycles. The Balaban J connectivity index is 1.10. The van der Waals surface area contributed by atoms with Gasteiger partial charge >= 0.3 is 11.9 Å². The SMILES string of the molecule is O=C(O)/C=C/c1ccc(N=Nc2c(S(=O)(=O)O)cc3cc(NC(=O)c4cc(O)cc(C(=O)Nc5ccc6c(O)c(N=Nc7ccc(/C=C/C(=O)O)cc7)c(S(=O)(=O)O)cc6c5)n4)ccc3c2O)cc1. The number of hydrogen-bond acceptors (Lipinski definition) is 16. The zero-order valence-electron chi connectivity index (χ0n) is 34.7. The maximum Gasteiger partial charge on any atom is 0.328 e. The predicted octanol–water partition coefficient (Wildman–Crippen LogP) is 8.53. The normalized spacial score (nSPS) is 12.1. The van der Waals surface area contributed by atoms with Crippen molar-refractivity contribution in [2.24, 2.45) is 20.5 Å². The van der Waals surface area contributed by atoms with Crippen molar-refractivity contribution < 1.29 is 70.7 Å². The van der Waals surface area contributed by atoms with Gasteiger partial charge in [-0.2, -0.15) is 27.1 Å². The van der Waals surface area contributed by atoms with E-state index in [1.54, 1.807) is 0 Å². The van der Waals surface area contributed by atoms with E-state index < -0.39 is 93.8 Å². The van der Waals surface area contributed by atoms with E-state index in [2.05, 4.69) is 36.1 Å². The maximum atomic E-state index is 13.4. The van der Waals surface area contributed by atoms with Gasteiger partial charge in [0.25, 0.3) is 32.1 Å². The number of azo groups is 2. The number of hydrogen-bond donors (Lipinski definition) is 9. The summed E-state index contributed by atoms with van der Waals surface area (Å²) in [6.07, 6.45) is 4.50. The minimum absolute atomic E-state index is 0.000380. The Hall–Kier alpha value is -9.23. The standard InChI is InChI=1S/C45H31N7O15S2/c53-31-21-34(44(60)46-29-11-13-32-25(17-29)19-36(68(62,63)64)40(42(32)58)51-49-27-7-1-23(2-8-27)5-15-38(54)55)48-35(22-31)45(61)47-30-12-14-33-26(18-30)20-37(69(65,66)67)41(43(33)59)52-50-28-9-3-24(4-10-28)6-16-39(56)57/h1-22,58-59H,(H,46,60)(H,47,61)(H,48,53)(H,54,55)(H,56,57)(H,62,63,64)(H,65,66,67)/b15-5+,16-6+,51-49?,52-50?. The molecule has 0 fully saturated rings. The highest BCUT2D eigenvalue weighted by atomic mass is 32.2. The number of nitrogens with one attached hydrogen (secondary N) is 2. The maximum absolute atomic E-state index is 13.4. The molecule has 0 bridgehead atoms. The fraction of sp³-hybridized carbons (Fsp3) is 0. The fourth-order valence-corrected chi connectivity index (χ4v) is 7.75. The number of aliphatic carboxylic acids is 2. The molecule has 0 aliphatic rings. The lowest BCUT2D eigenvalue weighted by atomic mass is 10.1. The van der Waals surface area contributed by atoms with E-state index in [1.165, 1.54) is 97.1 Å². The number of amides is 2. The van der Waals surface area contributed by atoms with Crippen LogP contribution in [0.15, 0.2) is 152 Å². The number of fused-ring (bicyclic) bond motifs is 2. The van der Waals surface area contributed by atoms with Gasteiger partial charge in [-0.1, -0.05) is 24.3 Å². The van der Waals surface area contributed by atoms with Crippen molar-refractivity contribution in [1.82, 2.24) is 4.98 Å². The summed E-state index contributed by atoms with van der Waals surface area (Å²) >= 11 is 0. The van der Waals surface area contributed by atoms with Crippen LogP contribution in [0.4, 0.5) is 34.1 Å². The van der Waals surface area contributed by atoms with Gasteiger partial charge in [0.2, 0.25) is 0 Å². The summed E-state index contributed by atoms with van der Waals surface area (Å²) in [6, 6.07) is 23.3. The van der Waals surface area contributed by atoms with Crippen molar-refractivity contribution in [3.05, 3.63) is 144 Å². The van der Waals surface area contributed by atoms with Crippen LogP contribution < -0.4 is 10.6 Å². The molecule has 7 rings (SSSR count). The highest BCUT2D eigenvalue weighted by Crippen LogP contribution is 2.43. The Morgan fingerprint density at radius 3 is 1.23 bits per heavy atom. The summed E-state index contributed by atoms with van der Waals surface area (Å²) in [4.78, 5) is 50.7. The Morgan fingerprint density at radius 1 is 0.507 bits per heavy atom. The summed E-state index contributed by atoms with van der Waals surface area (Å²) in [7, 11) is -10.1. The lowest BCUT2D eigenvalue weighted by molar-refractivity contribution is -0.132. The summed E-state index contributed by atoms with van der Waals surface area (Å²) in [5.41, 5.74) is -0.779. The van der Waals surface area contributed by atoms with Crippen molar-refractivity contribution in [1.29, 1.82) is 0 Å². The number of carboxylic acids is 2. The van der Waals surface area contributed by atoms with Crippen molar-refractivity contribution in [3.8, 4) is 17.2 Å². The van der Waals surface area contributed by atoms with E-state index in [1.807, 2.05) is 0 Å². The number of carboxylic acid groups (broad SMARTS) is 2. The number of phenols is 2. The molecule has 69 heavy (non-hydrogen) atoms. The molecule has 24 heteroatoms. The molecule has 0 unspecified atom stereocenters. The van der Waals surface area contributed by atoms with Crippen LogP contribution in [0.5, 0.6) is 17.2 Å². The number of aromatic hydroxyl groups is 3. The summed E-state index contributed by atoms with van der Waals surface area (Å²) < 4.78 is 69.8. The van der Waals surface area contributed by atoms with Gasteiger partial charge < -0.3 is 36.2 Å². The average molecular weight is 974 g/mol. The van der Waals surface area contributed by atoms with E-state index in [0.717, 1.165) is 36.4 Å². The highest BCUT2D eigenvalue weighted by Gasteiger charge is 2.25. The van der Waals surface area contributed by atoms with Crippen molar-refractivity contribution >= 4 is 112 Å². The molecule has 2 amide bonds. The van der Waals surface area contributed by atoms with Gasteiger partial charge in [0.05, 0.1) is 11.4 Å².